The van der Waals surface area contributed by atoms with E-state index < -0.39 is 52.1 Å². The number of nitrogens with zero attached hydrogens (tertiary/aromatic N) is 4. The molecule has 19 heteroatoms. The van der Waals surface area contributed by atoms with Crippen LogP contribution in [-0.4, -0.2) is 116 Å². The number of likely N-dealkylation sites (N-methyl/N-ethyl adjacent to an activating group) is 1. The second kappa shape index (κ2) is 20.8. The fourth-order valence-corrected chi connectivity index (χ4v) is 9.94. The van der Waals surface area contributed by atoms with Crippen molar-refractivity contribution in [2.24, 2.45) is 0 Å². The number of aldehydes is 1. The predicted molar refractivity (Wildman–Crippen MR) is 242 cm³/mol. The first-order valence-corrected chi connectivity index (χ1v) is 22.9. The summed E-state index contributed by atoms with van der Waals surface area (Å²) in [6.07, 6.45) is -7.74. The molecule has 4 aromatic rings. The first kappa shape index (κ1) is 50.7. The highest BCUT2D eigenvalue weighted by molar-refractivity contribution is 6.42. The molecule has 0 aromatic heterocycles. The molecule has 0 saturated carbocycles. The highest BCUT2D eigenvalue weighted by atomic mass is 35.5. The van der Waals surface area contributed by atoms with Crippen molar-refractivity contribution in [3.8, 4) is 0 Å². The van der Waals surface area contributed by atoms with E-state index in [2.05, 4.69) is 17.0 Å². The number of hydrogen-bond acceptors (Lipinski definition) is 7. The Labute approximate surface area is 399 Å². The van der Waals surface area contributed by atoms with Crippen molar-refractivity contribution < 1.29 is 60.1 Å². The molecule has 364 valence electrons. The number of piperidine rings is 1. The maximum absolute atomic E-state index is 13.9. The van der Waals surface area contributed by atoms with Crippen LogP contribution in [0.2, 0.25) is 10.0 Å². The third-order valence-electron chi connectivity index (χ3n) is 13.4. The number of likely N-dealkylation sites (tertiary alicyclic amines) is 1. The fourth-order valence-electron chi connectivity index (χ4n) is 9.64. The van der Waals surface area contributed by atoms with E-state index in [4.69, 9.17) is 32.7 Å². The number of carboxylic acid groups (broad SMARTS) is 1. The smallest absolute Gasteiger partial charge is 0.416 e. The number of hydrogen-bond donors (Lipinski definition) is 1. The van der Waals surface area contributed by atoms with E-state index in [1.165, 1.54) is 9.80 Å². The van der Waals surface area contributed by atoms with Gasteiger partial charge < -0.3 is 29.3 Å². The minimum atomic E-state index is -5.13. The zero-order valence-corrected chi connectivity index (χ0v) is 38.6. The van der Waals surface area contributed by atoms with Gasteiger partial charge in [0.05, 0.1) is 40.4 Å². The normalized spacial score (nSPS) is 19.4. The van der Waals surface area contributed by atoms with Gasteiger partial charge >= 0.3 is 18.4 Å². The van der Waals surface area contributed by atoms with Gasteiger partial charge in [-0.2, -0.15) is 26.3 Å². The summed E-state index contributed by atoms with van der Waals surface area (Å²) in [6.45, 7) is 1.76. The van der Waals surface area contributed by atoms with Crippen LogP contribution in [0.25, 0.3) is 0 Å². The quantitative estimate of drug-likeness (QED) is 0.0711. The Morgan fingerprint density at radius 1 is 0.868 bits per heavy atom. The van der Waals surface area contributed by atoms with Crippen molar-refractivity contribution in [1.82, 2.24) is 14.7 Å². The number of halogens is 8. The largest absolute Gasteiger partial charge is 0.465 e. The van der Waals surface area contributed by atoms with Crippen molar-refractivity contribution in [3.63, 3.8) is 0 Å². The van der Waals surface area contributed by atoms with E-state index in [1.807, 2.05) is 12.1 Å². The van der Waals surface area contributed by atoms with Crippen LogP contribution in [0, 0.1) is 0 Å². The zero-order chi connectivity index (χ0) is 49.0. The van der Waals surface area contributed by atoms with Crippen LogP contribution in [0.1, 0.15) is 80.6 Å². The van der Waals surface area contributed by atoms with Gasteiger partial charge in [0.1, 0.15) is 18.5 Å². The maximum Gasteiger partial charge on any atom is 0.416 e. The van der Waals surface area contributed by atoms with Gasteiger partial charge in [-0.25, -0.2) is 4.79 Å². The molecule has 7 rings (SSSR count). The number of rotatable bonds is 15. The SMILES string of the molecule is CN(CCCCN(C(=O)O)c1ccc(C=O)cc1)C(=O)CO[C@H]1Cc2ccccc2C12CCN(CC[C@]1(c3ccc(Cl)c(Cl)c3)CN(C(=O)c3cc(C(F)(F)F)cc(C(F)(F)F)c3)CCO1)CC2. The van der Waals surface area contributed by atoms with E-state index >= 15 is 0 Å². The maximum atomic E-state index is 13.9. The van der Waals surface area contributed by atoms with Crippen LogP contribution in [0.4, 0.5) is 36.8 Å². The monoisotopic (exact) mass is 990 g/mol. The number of fused-ring (bicyclic) bond motifs is 2. The summed E-state index contributed by atoms with van der Waals surface area (Å²) < 4.78 is 95.6. The number of carbonyl (C=O) groups is 4. The molecule has 3 aliphatic rings. The van der Waals surface area contributed by atoms with Crippen LogP contribution >= 0.6 is 23.2 Å². The minimum Gasteiger partial charge on any atom is -0.465 e. The van der Waals surface area contributed by atoms with E-state index in [-0.39, 0.29) is 67.4 Å². The lowest BCUT2D eigenvalue weighted by molar-refractivity contribution is -0.143. The molecule has 0 bridgehead atoms. The molecule has 4 aromatic carbocycles. The molecule has 11 nitrogen and oxygen atoms in total. The van der Waals surface area contributed by atoms with Crippen LogP contribution in [0.15, 0.2) is 84.9 Å². The Morgan fingerprint density at radius 3 is 2.16 bits per heavy atom. The van der Waals surface area contributed by atoms with E-state index in [0.29, 0.717) is 93.5 Å². The average Bonchev–Trinajstić information content (AvgIpc) is 3.62. The van der Waals surface area contributed by atoms with Crippen LogP contribution in [0.3, 0.4) is 0 Å². The van der Waals surface area contributed by atoms with Gasteiger partial charge in [0.2, 0.25) is 5.91 Å². The molecular formula is C49H50Cl2F6N4O7. The first-order valence-electron chi connectivity index (χ1n) is 22.1. The van der Waals surface area contributed by atoms with Crippen LogP contribution in [-0.2, 0) is 44.1 Å². The van der Waals surface area contributed by atoms with Gasteiger partial charge in [0.25, 0.3) is 5.91 Å². The summed E-state index contributed by atoms with van der Waals surface area (Å²) in [5.74, 6) is -1.22. The molecule has 68 heavy (non-hydrogen) atoms. The number of anilines is 1. The van der Waals surface area contributed by atoms with Gasteiger partial charge in [-0.3, -0.25) is 19.3 Å². The van der Waals surface area contributed by atoms with E-state index in [1.54, 1.807) is 54.4 Å². The number of alkyl halides is 6. The van der Waals surface area contributed by atoms with E-state index in [9.17, 15) is 50.6 Å². The van der Waals surface area contributed by atoms with Crippen LogP contribution in [0.5, 0.6) is 0 Å². The van der Waals surface area contributed by atoms with Crippen molar-refractivity contribution in [3.05, 3.63) is 134 Å². The summed E-state index contributed by atoms with van der Waals surface area (Å²) in [4.78, 5) is 56.5. The third kappa shape index (κ3) is 11.3. The number of morpholine rings is 1. The molecular weight excluding hydrogens is 941 g/mol. The summed E-state index contributed by atoms with van der Waals surface area (Å²) in [7, 11) is 1.68. The topological polar surface area (TPSA) is 120 Å². The Kier molecular flexibility index (Phi) is 15.5. The van der Waals surface area contributed by atoms with Gasteiger partial charge in [-0.15, -0.1) is 0 Å². The fraction of sp³-hybridized carbons (Fsp3) is 0.429. The van der Waals surface area contributed by atoms with Crippen molar-refractivity contribution in [2.45, 2.75) is 68.0 Å². The number of benzene rings is 4. The molecule has 1 N–H and O–H groups in total. The lowest BCUT2D eigenvalue weighted by Crippen LogP contribution is -2.54. The van der Waals surface area contributed by atoms with E-state index in [0.717, 1.165) is 11.1 Å². The van der Waals surface area contributed by atoms with Gasteiger partial charge in [0, 0.05) is 55.5 Å². The van der Waals surface area contributed by atoms with Gasteiger partial charge in [-0.1, -0.05) is 53.5 Å². The van der Waals surface area contributed by atoms with Crippen molar-refractivity contribution >= 4 is 53.1 Å². The molecule has 0 radical (unpaired) electrons. The predicted octanol–water partition coefficient (Wildman–Crippen LogP) is 10.00. The minimum absolute atomic E-state index is 0.0123. The second-order valence-electron chi connectivity index (χ2n) is 17.6. The third-order valence-corrected chi connectivity index (χ3v) is 14.2. The van der Waals surface area contributed by atoms with Gasteiger partial charge in [0.15, 0.2) is 0 Å². The average molecular weight is 992 g/mol. The molecule has 0 unspecified atom stereocenters. The zero-order valence-electron chi connectivity index (χ0n) is 37.1. The number of unbranched alkanes of at least 4 members (excludes halogenated alkanes) is 1. The highest BCUT2D eigenvalue weighted by Crippen LogP contribution is 2.48. The number of carbonyl (C=O) groups excluding carboxylic acids is 3. The lowest BCUT2D eigenvalue weighted by atomic mass is 9.72. The molecule has 2 aliphatic heterocycles. The molecule has 2 atom stereocenters. The van der Waals surface area contributed by atoms with Gasteiger partial charge in [-0.05, 0) is 123 Å². The molecule has 2 heterocycles. The Bertz CT molecular complexity index is 2450. The molecule has 2 fully saturated rings. The molecule has 1 spiro atoms. The van der Waals surface area contributed by atoms with Crippen molar-refractivity contribution in [1.29, 1.82) is 0 Å². The lowest BCUT2D eigenvalue weighted by Gasteiger charge is -2.46. The Hall–Kier alpha value is -5.20. The summed E-state index contributed by atoms with van der Waals surface area (Å²) in [6, 6.07) is 20.1. The second-order valence-corrected chi connectivity index (χ2v) is 18.4. The Balaban J connectivity index is 0.999. The standard InChI is InChI=1S/C49H50Cl2F6N4O7/c1-58(17-4-5-18-61(45(65)66)38-11-8-32(29-62)9-12-38)43(63)30-67-42-26-33-6-2-3-7-39(33)46(42)14-19-59(20-15-46)21-16-47(35-10-13-40(50)41(51)28-35)31-60(22-23-68-47)44(64)34-24-36(48(52,53)54)27-37(25-34)49(55,56)57/h2-3,6-13,24-25,27-29,42H,4-5,14-23,26,30-31H2,1H3,(H,65,66)/t42-,47+/m0/s1. The molecule has 3 amide bonds. The number of amides is 3. The van der Waals surface area contributed by atoms with Crippen molar-refractivity contribution in [2.75, 3.05) is 71.0 Å². The Morgan fingerprint density at radius 2 is 1.53 bits per heavy atom. The summed E-state index contributed by atoms with van der Waals surface area (Å²) in [5, 5.41) is 10.2. The molecule has 2 saturated heterocycles. The summed E-state index contributed by atoms with van der Waals surface area (Å²) in [5.41, 5.74) is -1.87. The summed E-state index contributed by atoms with van der Waals surface area (Å²) >= 11 is 12.7. The number of ether oxygens (including phenoxy) is 2. The first-order chi connectivity index (χ1) is 32.2. The van der Waals surface area contributed by atoms with Crippen LogP contribution < -0.4 is 4.90 Å². The highest BCUT2D eigenvalue weighted by Gasteiger charge is 2.50. The molecule has 1 aliphatic carbocycles.